The number of benzene rings is 1. The van der Waals surface area contributed by atoms with Crippen LogP contribution in [0, 0.1) is 13.8 Å². The molecular formula is C16H25NO. The van der Waals surface area contributed by atoms with Crippen LogP contribution in [0.3, 0.4) is 0 Å². The summed E-state index contributed by atoms with van der Waals surface area (Å²) in [6.45, 7) is 7.44. The van der Waals surface area contributed by atoms with Gasteiger partial charge in [0.2, 0.25) is 0 Å². The van der Waals surface area contributed by atoms with Crippen molar-refractivity contribution in [2.24, 2.45) is 0 Å². The van der Waals surface area contributed by atoms with E-state index in [0.717, 1.165) is 24.8 Å². The van der Waals surface area contributed by atoms with Gasteiger partial charge in [-0.3, -0.25) is 0 Å². The van der Waals surface area contributed by atoms with E-state index in [0.29, 0.717) is 6.10 Å². The molecule has 0 radical (unpaired) electrons. The van der Waals surface area contributed by atoms with Gasteiger partial charge in [0.1, 0.15) is 11.9 Å². The first-order valence-electron chi connectivity index (χ1n) is 7.15. The molecule has 0 saturated heterocycles. The summed E-state index contributed by atoms with van der Waals surface area (Å²) >= 11 is 0. The Morgan fingerprint density at radius 3 is 2.44 bits per heavy atom. The Morgan fingerprint density at radius 2 is 1.89 bits per heavy atom. The quantitative estimate of drug-likeness (QED) is 0.795. The Labute approximate surface area is 111 Å². The van der Waals surface area contributed by atoms with Crippen LogP contribution < -0.4 is 10.1 Å². The smallest absolute Gasteiger partial charge is 0.120 e. The summed E-state index contributed by atoms with van der Waals surface area (Å²) < 4.78 is 6.13. The summed E-state index contributed by atoms with van der Waals surface area (Å²) in [7, 11) is 0. The Bertz CT molecular complexity index is 364. The average Bonchev–Trinajstić information content (AvgIpc) is 3.08. The number of rotatable bonds is 7. The van der Waals surface area contributed by atoms with E-state index < -0.39 is 0 Å². The summed E-state index contributed by atoms with van der Waals surface area (Å²) in [6.07, 6.45) is 5.26. The Kier molecular flexibility index (Phi) is 4.65. The van der Waals surface area contributed by atoms with Crippen molar-refractivity contribution in [3.63, 3.8) is 0 Å². The lowest BCUT2D eigenvalue weighted by Gasteiger charge is -2.20. The van der Waals surface area contributed by atoms with Gasteiger partial charge < -0.3 is 10.1 Å². The second-order valence-corrected chi connectivity index (χ2v) is 5.53. The minimum atomic E-state index is 0.303. The normalized spacial score (nSPS) is 16.6. The SMILES string of the molecule is CCCC(CNC1CC1)Oc1cc(C)cc(C)c1. The van der Waals surface area contributed by atoms with E-state index >= 15 is 0 Å². The molecule has 1 atom stereocenters. The molecule has 2 nitrogen and oxygen atoms in total. The van der Waals surface area contributed by atoms with Gasteiger partial charge in [-0.1, -0.05) is 19.4 Å². The number of hydrogen-bond acceptors (Lipinski definition) is 2. The molecule has 1 fully saturated rings. The molecule has 1 aromatic rings. The van der Waals surface area contributed by atoms with Gasteiger partial charge in [-0.05, 0) is 56.4 Å². The van der Waals surface area contributed by atoms with Crippen LogP contribution in [0.5, 0.6) is 5.75 Å². The molecule has 1 saturated carbocycles. The molecule has 1 aliphatic carbocycles. The number of ether oxygens (including phenoxy) is 1. The fourth-order valence-corrected chi connectivity index (χ4v) is 2.30. The van der Waals surface area contributed by atoms with Crippen LogP contribution in [0.2, 0.25) is 0 Å². The standard InChI is InChI=1S/C16H25NO/c1-4-5-15(11-17-14-6-7-14)18-16-9-12(2)8-13(3)10-16/h8-10,14-15,17H,4-7,11H2,1-3H3. The molecule has 0 heterocycles. The molecule has 0 amide bonds. The van der Waals surface area contributed by atoms with Gasteiger partial charge in [0.15, 0.2) is 0 Å². The van der Waals surface area contributed by atoms with Crippen LogP contribution in [0.15, 0.2) is 18.2 Å². The van der Waals surface area contributed by atoms with Gasteiger partial charge >= 0.3 is 0 Å². The van der Waals surface area contributed by atoms with Crippen LogP contribution in [-0.4, -0.2) is 18.7 Å². The van der Waals surface area contributed by atoms with Crippen LogP contribution in [0.25, 0.3) is 0 Å². The summed E-state index contributed by atoms with van der Waals surface area (Å²) in [5, 5.41) is 3.57. The third-order valence-corrected chi connectivity index (χ3v) is 3.32. The van der Waals surface area contributed by atoms with Crippen LogP contribution in [0.4, 0.5) is 0 Å². The van der Waals surface area contributed by atoms with E-state index in [1.807, 2.05) is 0 Å². The van der Waals surface area contributed by atoms with Crippen molar-refractivity contribution in [3.8, 4) is 5.75 Å². The summed E-state index contributed by atoms with van der Waals surface area (Å²) in [4.78, 5) is 0. The summed E-state index contributed by atoms with van der Waals surface area (Å²) in [5.41, 5.74) is 2.55. The molecule has 18 heavy (non-hydrogen) atoms. The van der Waals surface area contributed by atoms with Gasteiger partial charge in [-0.15, -0.1) is 0 Å². The van der Waals surface area contributed by atoms with Crippen LogP contribution in [-0.2, 0) is 0 Å². The fourth-order valence-electron chi connectivity index (χ4n) is 2.30. The highest BCUT2D eigenvalue weighted by molar-refractivity contribution is 5.33. The molecule has 100 valence electrons. The van der Waals surface area contributed by atoms with Crippen molar-refractivity contribution < 1.29 is 4.74 Å². The molecular weight excluding hydrogens is 222 g/mol. The lowest BCUT2D eigenvalue weighted by atomic mass is 10.1. The molecule has 0 aromatic heterocycles. The molecule has 1 unspecified atom stereocenters. The van der Waals surface area contributed by atoms with Crippen molar-refractivity contribution in [2.45, 2.75) is 58.6 Å². The predicted octanol–water partition coefficient (Wildman–Crippen LogP) is 3.60. The molecule has 0 spiro atoms. The summed E-state index contributed by atoms with van der Waals surface area (Å²) in [5.74, 6) is 1.02. The van der Waals surface area contributed by atoms with Crippen molar-refractivity contribution in [2.75, 3.05) is 6.54 Å². The first kappa shape index (κ1) is 13.4. The van der Waals surface area contributed by atoms with E-state index in [-0.39, 0.29) is 0 Å². The first-order chi connectivity index (χ1) is 8.67. The Hall–Kier alpha value is -1.02. The van der Waals surface area contributed by atoms with E-state index in [1.54, 1.807) is 0 Å². The van der Waals surface area contributed by atoms with E-state index in [1.165, 1.54) is 30.4 Å². The second kappa shape index (κ2) is 6.24. The Morgan fingerprint density at radius 1 is 1.22 bits per heavy atom. The largest absolute Gasteiger partial charge is 0.489 e. The average molecular weight is 247 g/mol. The van der Waals surface area contributed by atoms with Crippen molar-refractivity contribution >= 4 is 0 Å². The van der Waals surface area contributed by atoms with Crippen LogP contribution in [0.1, 0.15) is 43.7 Å². The highest BCUT2D eigenvalue weighted by Crippen LogP contribution is 2.21. The molecule has 2 rings (SSSR count). The molecule has 1 aromatic carbocycles. The monoisotopic (exact) mass is 247 g/mol. The molecule has 1 aliphatic rings. The van der Waals surface area contributed by atoms with Crippen molar-refractivity contribution in [1.82, 2.24) is 5.32 Å². The minimum absolute atomic E-state index is 0.303. The lowest BCUT2D eigenvalue weighted by molar-refractivity contribution is 0.186. The van der Waals surface area contributed by atoms with Gasteiger partial charge in [-0.25, -0.2) is 0 Å². The van der Waals surface area contributed by atoms with Gasteiger partial charge in [0.05, 0.1) is 0 Å². The van der Waals surface area contributed by atoms with Gasteiger partial charge in [0.25, 0.3) is 0 Å². The maximum Gasteiger partial charge on any atom is 0.120 e. The molecule has 0 aliphatic heterocycles. The zero-order valence-corrected chi connectivity index (χ0v) is 11.8. The fraction of sp³-hybridized carbons (Fsp3) is 0.625. The summed E-state index contributed by atoms with van der Waals surface area (Å²) in [6, 6.07) is 7.20. The van der Waals surface area contributed by atoms with Crippen LogP contribution >= 0.6 is 0 Å². The predicted molar refractivity (Wildman–Crippen MR) is 76.3 cm³/mol. The topological polar surface area (TPSA) is 21.3 Å². The lowest BCUT2D eigenvalue weighted by Crippen LogP contribution is -2.32. The number of nitrogens with one attached hydrogen (secondary N) is 1. The number of hydrogen-bond donors (Lipinski definition) is 1. The number of aryl methyl sites for hydroxylation is 2. The van der Waals surface area contributed by atoms with Gasteiger partial charge in [0, 0.05) is 12.6 Å². The highest BCUT2D eigenvalue weighted by atomic mass is 16.5. The van der Waals surface area contributed by atoms with Crippen molar-refractivity contribution in [3.05, 3.63) is 29.3 Å². The van der Waals surface area contributed by atoms with Gasteiger partial charge in [-0.2, -0.15) is 0 Å². The van der Waals surface area contributed by atoms with E-state index in [4.69, 9.17) is 4.74 Å². The maximum absolute atomic E-state index is 6.13. The van der Waals surface area contributed by atoms with Crippen molar-refractivity contribution in [1.29, 1.82) is 0 Å². The third-order valence-electron chi connectivity index (χ3n) is 3.32. The first-order valence-corrected chi connectivity index (χ1v) is 7.15. The second-order valence-electron chi connectivity index (χ2n) is 5.53. The minimum Gasteiger partial charge on any atom is -0.489 e. The molecule has 2 heteroatoms. The van der Waals surface area contributed by atoms with E-state index in [2.05, 4.69) is 44.3 Å². The highest BCUT2D eigenvalue weighted by Gasteiger charge is 2.22. The van der Waals surface area contributed by atoms with E-state index in [9.17, 15) is 0 Å². The molecule has 0 bridgehead atoms. The zero-order chi connectivity index (χ0) is 13.0. The third kappa shape index (κ3) is 4.34. The molecule has 1 N–H and O–H groups in total. The zero-order valence-electron chi connectivity index (χ0n) is 11.8. The Balaban J connectivity index is 1.92. The maximum atomic E-state index is 6.13.